The Morgan fingerprint density at radius 3 is 2.91 bits per heavy atom. The van der Waals surface area contributed by atoms with Gasteiger partial charge in [-0.15, -0.1) is 0 Å². The van der Waals surface area contributed by atoms with Crippen LogP contribution in [0, 0.1) is 12.7 Å². The molecule has 1 unspecified atom stereocenters. The van der Waals surface area contributed by atoms with Crippen molar-refractivity contribution in [2.75, 3.05) is 13.1 Å². The van der Waals surface area contributed by atoms with E-state index in [2.05, 4.69) is 0 Å². The van der Waals surface area contributed by atoms with Gasteiger partial charge in [0.25, 0.3) is 5.91 Å². The number of carbonyl (C=O) groups is 1. The molecule has 3 rings (SSSR count). The first-order valence-electron chi connectivity index (χ1n) is 7.80. The van der Waals surface area contributed by atoms with Crippen molar-refractivity contribution in [1.82, 2.24) is 9.47 Å². The van der Waals surface area contributed by atoms with E-state index >= 15 is 0 Å². The van der Waals surface area contributed by atoms with E-state index in [1.807, 2.05) is 23.4 Å². The SMILES string of the molecule is Cc1c(C(=O)N2CCCCC2CN)n(C)c2ccc(F)cc12. The first kappa shape index (κ1) is 15.0. The highest BCUT2D eigenvalue weighted by atomic mass is 19.1. The molecule has 1 amide bonds. The molecule has 4 nitrogen and oxygen atoms in total. The number of rotatable bonds is 2. The molecule has 1 aliphatic rings. The van der Waals surface area contributed by atoms with E-state index in [1.54, 1.807) is 6.07 Å². The predicted molar refractivity (Wildman–Crippen MR) is 85.3 cm³/mol. The third-order valence-electron chi connectivity index (χ3n) is 4.78. The summed E-state index contributed by atoms with van der Waals surface area (Å²) in [5.41, 5.74) is 8.18. The molecule has 2 N–H and O–H groups in total. The number of likely N-dealkylation sites (tertiary alicyclic amines) is 1. The first-order chi connectivity index (χ1) is 10.5. The van der Waals surface area contributed by atoms with Gasteiger partial charge in [0, 0.05) is 37.1 Å². The molecule has 1 aliphatic heterocycles. The number of amides is 1. The molecule has 0 spiro atoms. The normalized spacial score (nSPS) is 18.9. The fourth-order valence-electron chi connectivity index (χ4n) is 3.55. The minimum Gasteiger partial charge on any atom is -0.339 e. The molecule has 118 valence electrons. The van der Waals surface area contributed by atoms with E-state index in [0.29, 0.717) is 12.2 Å². The number of nitrogens with zero attached hydrogens (tertiary/aromatic N) is 2. The third kappa shape index (κ3) is 2.29. The minimum absolute atomic E-state index is 0.00626. The lowest BCUT2D eigenvalue weighted by Gasteiger charge is -2.35. The van der Waals surface area contributed by atoms with Crippen LogP contribution in [0.1, 0.15) is 35.3 Å². The Kier molecular flexibility index (Phi) is 3.91. The minimum atomic E-state index is -0.280. The average molecular weight is 303 g/mol. The van der Waals surface area contributed by atoms with Gasteiger partial charge in [0.2, 0.25) is 0 Å². The van der Waals surface area contributed by atoms with Gasteiger partial charge in [0.1, 0.15) is 11.5 Å². The molecule has 0 bridgehead atoms. The standard InChI is InChI=1S/C17H22FN3O/c1-11-14-9-12(18)6-7-15(14)20(2)16(11)17(22)21-8-4-3-5-13(21)10-19/h6-7,9,13H,3-5,8,10,19H2,1-2H3. The van der Waals surface area contributed by atoms with Gasteiger partial charge in [0.15, 0.2) is 0 Å². The zero-order valence-electron chi connectivity index (χ0n) is 13.1. The van der Waals surface area contributed by atoms with Gasteiger partial charge in [-0.1, -0.05) is 0 Å². The number of aryl methyl sites for hydroxylation is 2. The molecular weight excluding hydrogens is 281 g/mol. The summed E-state index contributed by atoms with van der Waals surface area (Å²) in [5, 5.41) is 0.798. The number of halogens is 1. The van der Waals surface area contributed by atoms with Crippen molar-refractivity contribution in [3.05, 3.63) is 35.3 Å². The third-order valence-corrected chi connectivity index (χ3v) is 4.78. The molecular formula is C17H22FN3O. The highest BCUT2D eigenvalue weighted by Gasteiger charge is 2.29. The van der Waals surface area contributed by atoms with E-state index in [4.69, 9.17) is 5.73 Å². The van der Waals surface area contributed by atoms with Crippen molar-refractivity contribution >= 4 is 16.8 Å². The lowest BCUT2D eigenvalue weighted by molar-refractivity contribution is 0.0613. The molecule has 1 aromatic carbocycles. The molecule has 1 aromatic heterocycles. The first-order valence-corrected chi connectivity index (χ1v) is 7.80. The summed E-state index contributed by atoms with van der Waals surface area (Å²) in [6.45, 7) is 3.12. The number of carbonyl (C=O) groups excluding carboxylic acids is 1. The fraction of sp³-hybridized carbons (Fsp3) is 0.471. The second kappa shape index (κ2) is 5.72. The lowest BCUT2D eigenvalue weighted by atomic mass is 10.0. The quantitative estimate of drug-likeness (QED) is 0.927. The van der Waals surface area contributed by atoms with Crippen molar-refractivity contribution in [3.8, 4) is 0 Å². The van der Waals surface area contributed by atoms with Crippen molar-refractivity contribution in [3.63, 3.8) is 0 Å². The number of aromatic nitrogens is 1. The number of piperidine rings is 1. The molecule has 5 heteroatoms. The molecule has 0 saturated carbocycles. The van der Waals surface area contributed by atoms with Crippen molar-refractivity contribution in [2.24, 2.45) is 12.8 Å². The maximum Gasteiger partial charge on any atom is 0.271 e. The number of nitrogens with two attached hydrogens (primary N) is 1. The van der Waals surface area contributed by atoms with E-state index in [9.17, 15) is 9.18 Å². The summed E-state index contributed by atoms with van der Waals surface area (Å²) < 4.78 is 15.4. The van der Waals surface area contributed by atoms with Crippen molar-refractivity contribution < 1.29 is 9.18 Å². The van der Waals surface area contributed by atoms with Gasteiger partial charge in [-0.25, -0.2) is 4.39 Å². The summed E-state index contributed by atoms with van der Waals surface area (Å²) in [6.07, 6.45) is 3.09. The maximum absolute atomic E-state index is 13.5. The number of benzene rings is 1. The summed E-state index contributed by atoms with van der Waals surface area (Å²) in [4.78, 5) is 14.9. The number of fused-ring (bicyclic) bond motifs is 1. The highest BCUT2D eigenvalue weighted by molar-refractivity contribution is 6.01. The Balaban J connectivity index is 2.07. The molecule has 0 aliphatic carbocycles. The summed E-state index contributed by atoms with van der Waals surface area (Å²) in [6, 6.07) is 4.76. The Hall–Kier alpha value is -1.88. The van der Waals surface area contributed by atoms with Gasteiger partial charge < -0.3 is 15.2 Å². The van der Waals surface area contributed by atoms with Crippen LogP contribution in [0.25, 0.3) is 10.9 Å². The molecule has 1 atom stereocenters. The van der Waals surface area contributed by atoms with Crippen LogP contribution >= 0.6 is 0 Å². The largest absolute Gasteiger partial charge is 0.339 e. The monoisotopic (exact) mass is 303 g/mol. The van der Waals surface area contributed by atoms with E-state index in [-0.39, 0.29) is 17.8 Å². The van der Waals surface area contributed by atoms with E-state index in [1.165, 1.54) is 12.1 Å². The summed E-state index contributed by atoms with van der Waals surface area (Å²) in [5.74, 6) is -0.273. The highest BCUT2D eigenvalue weighted by Crippen LogP contribution is 2.28. The molecule has 1 saturated heterocycles. The predicted octanol–water partition coefficient (Wildman–Crippen LogP) is 2.58. The van der Waals surface area contributed by atoms with Crippen LogP contribution in [-0.2, 0) is 7.05 Å². The number of hydrogen-bond donors (Lipinski definition) is 1. The van der Waals surface area contributed by atoms with E-state index < -0.39 is 0 Å². The zero-order chi connectivity index (χ0) is 15.9. The maximum atomic E-state index is 13.5. The second-order valence-electron chi connectivity index (χ2n) is 6.08. The Morgan fingerprint density at radius 2 is 2.18 bits per heavy atom. The Bertz CT molecular complexity index is 722. The van der Waals surface area contributed by atoms with Crippen LogP contribution in [-0.4, -0.2) is 34.5 Å². The van der Waals surface area contributed by atoms with Crippen LogP contribution < -0.4 is 5.73 Å². The molecule has 2 aromatic rings. The number of hydrogen-bond acceptors (Lipinski definition) is 2. The van der Waals surface area contributed by atoms with E-state index in [0.717, 1.165) is 42.3 Å². The second-order valence-corrected chi connectivity index (χ2v) is 6.08. The molecule has 22 heavy (non-hydrogen) atoms. The topological polar surface area (TPSA) is 51.3 Å². The van der Waals surface area contributed by atoms with Gasteiger partial charge in [-0.3, -0.25) is 4.79 Å². The van der Waals surface area contributed by atoms with Crippen LogP contribution in [0.4, 0.5) is 4.39 Å². The Labute approximate surface area is 129 Å². The molecule has 1 fully saturated rings. The van der Waals surface area contributed by atoms with Crippen molar-refractivity contribution in [1.29, 1.82) is 0 Å². The smallest absolute Gasteiger partial charge is 0.271 e. The Morgan fingerprint density at radius 1 is 1.41 bits per heavy atom. The zero-order valence-corrected chi connectivity index (χ0v) is 13.1. The van der Waals surface area contributed by atoms with Crippen LogP contribution in [0.5, 0.6) is 0 Å². The van der Waals surface area contributed by atoms with Gasteiger partial charge in [0.05, 0.1) is 0 Å². The van der Waals surface area contributed by atoms with Crippen LogP contribution in [0.2, 0.25) is 0 Å². The van der Waals surface area contributed by atoms with Crippen LogP contribution in [0.15, 0.2) is 18.2 Å². The summed E-state index contributed by atoms with van der Waals surface area (Å²) >= 11 is 0. The van der Waals surface area contributed by atoms with Gasteiger partial charge >= 0.3 is 0 Å². The molecule has 2 heterocycles. The van der Waals surface area contributed by atoms with Gasteiger partial charge in [-0.05, 0) is 49.9 Å². The van der Waals surface area contributed by atoms with Crippen molar-refractivity contribution in [2.45, 2.75) is 32.2 Å². The molecule has 0 radical (unpaired) electrons. The van der Waals surface area contributed by atoms with Gasteiger partial charge in [-0.2, -0.15) is 0 Å². The fourth-order valence-corrected chi connectivity index (χ4v) is 3.55. The van der Waals surface area contributed by atoms with Crippen LogP contribution in [0.3, 0.4) is 0 Å². The average Bonchev–Trinajstić information content (AvgIpc) is 2.77. The summed E-state index contributed by atoms with van der Waals surface area (Å²) in [7, 11) is 1.86. The lowest BCUT2D eigenvalue weighted by Crippen LogP contribution is -2.48.